The molecule has 1 aromatic carbocycles. The van der Waals surface area contributed by atoms with Gasteiger partial charge in [-0.15, -0.1) is 10.2 Å². The Hall–Kier alpha value is -1.94. The molecular weight excluding hydrogens is 248 g/mol. The summed E-state index contributed by atoms with van der Waals surface area (Å²) in [6.07, 6.45) is 3.70. The third-order valence-electron chi connectivity index (χ3n) is 2.91. The third-order valence-corrected chi connectivity index (χ3v) is 3.19. The summed E-state index contributed by atoms with van der Waals surface area (Å²) in [6, 6.07) is 7.82. The van der Waals surface area contributed by atoms with E-state index in [2.05, 4.69) is 22.1 Å². The SMILES string of the molecule is CCn1ccnc1-c1nnc(Cl)c2ccccc12. The molecule has 2 aromatic heterocycles. The zero-order chi connectivity index (χ0) is 12.5. The Balaban J connectivity index is 2.34. The van der Waals surface area contributed by atoms with Gasteiger partial charge in [-0.05, 0) is 6.92 Å². The van der Waals surface area contributed by atoms with Crippen molar-refractivity contribution in [3.63, 3.8) is 0 Å². The molecule has 0 amide bonds. The van der Waals surface area contributed by atoms with Crippen LogP contribution in [0, 0.1) is 0 Å². The lowest BCUT2D eigenvalue weighted by molar-refractivity contribution is 0.766. The van der Waals surface area contributed by atoms with E-state index in [0.717, 1.165) is 28.8 Å². The molecule has 0 aliphatic heterocycles. The van der Waals surface area contributed by atoms with Gasteiger partial charge in [-0.1, -0.05) is 35.9 Å². The molecule has 18 heavy (non-hydrogen) atoms. The summed E-state index contributed by atoms with van der Waals surface area (Å²) in [6.45, 7) is 2.91. The maximum atomic E-state index is 6.06. The fraction of sp³-hybridized carbons (Fsp3) is 0.154. The van der Waals surface area contributed by atoms with E-state index in [1.807, 2.05) is 35.0 Å². The standard InChI is InChI=1S/C13H11ClN4/c1-2-18-8-7-15-13(18)11-9-5-3-4-6-10(9)12(14)17-16-11/h3-8H,2H2,1H3. The van der Waals surface area contributed by atoms with Crippen molar-refractivity contribution in [2.75, 3.05) is 0 Å². The molecule has 0 aliphatic rings. The summed E-state index contributed by atoms with van der Waals surface area (Å²) in [5, 5.41) is 10.5. The normalized spacial score (nSPS) is 11.0. The van der Waals surface area contributed by atoms with E-state index in [0.29, 0.717) is 5.15 Å². The van der Waals surface area contributed by atoms with Gasteiger partial charge in [0.2, 0.25) is 0 Å². The van der Waals surface area contributed by atoms with E-state index < -0.39 is 0 Å². The van der Waals surface area contributed by atoms with Crippen molar-refractivity contribution >= 4 is 22.4 Å². The van der Waals surface area contributed by atoms with Crippen molar-refractivity contribution in [1.29, 1.82) is 0 Å². The Morgan fingerprint density at radius 3 is 2.72 bits per heavy atom. The number of halogens is 1. The van der Waals surface area contributed by atoms with Crippen molar-refractivity contribution in [3.05, 3.63) is 41.8 Å². The predicted octanol–water partition coefficient (Wildman–Crippen LogP) is 3.17. The van der Waals surface area contributed by atoms with Gasteiger partial charge >= 0.3 is 0 Å². The second kappa shape index (κ2) is 4.38. The maximum absolute atomic E-state index is 6.06. The Bertz CT molecular complexity index is 705. The first-order chi connectivity index (χ1) is 8.81. The monoisotopic (exact) mass is 258 g/mol. The summed E-state index contributed by atoms with van der Waals surface area (Å²) < 4.78 is 2.03. The summed E-state index contributed by atoms with van der Waals surface area (Å²) >= 11 is 6.06. The molecule has 3 rings (SSSR count). The van der Waals surface area contributed by atoms with E-state index in [1.54, 1.807) is 6.20 Å². The molecule has 4 nitrogen and oxygen atoms in total. The second-order valence-electron chi connectivity index (χ2n) is 3.92. The van der Waals surface area contributed by atoms with Crippen molar-refractivity contribution in [2.24, 2.45) is 0 Å². The quantitative estimate of drug-likeness (QED) is 0.709. The lowest BCUT2D eigenvalue weighted by Gasteiger charge is -2.07. The lowest BCUT2D eigenvalue weighted by atomic mass is 10.1. The number of rotatable bonds is 2. The summed E-state index contributed by atoms with van der Waals surface area (Å²) in [7, 11) is 0. The zero-order valence-electron chi connectivity index (χ0n) is 9.84. The van der Waals surface area contributed by atoms with Crippen LogP contribution in [-0.2, 0) is 6.54 Å². The Morgan fingerprint density at radius 2 is 1.94 bits per heavy atom. The molecule has 0 N–H and O–H groups in total. The van der Waals surface area contributed by atoms with Crippen molar-refractivity contribution in [2.45, 2.75) is 13.5 Å². The Labute approximate surface area is 109 Å². The van der Waals surface area contributed by atoms with Gasteiger partial charge in [-0.25, -0.2) is 4.98 Å². The topological polar surface area (TPSA) is 43.6 Å². The van der Waals surface area contributed by atoms with Crippen LogP contribution in [0.5, 0.6) is 0 Å². The van der Waals surface area contributed by atoms with Gasteiger partial charge in [-0.3, -0.25) is 0 Å². The molecule has 0 unspecified atom stereocenters. The van der Waals surface area contributed by atoms with Crippen molar-refractivity contribution in [1.82, 2.24) is 19.7 Å². The van der Waals surface area contributed by atoms with Crippen LogP contribution in [0.25, 0.3) is 22.3 Å². The number of aromatic nitrogens is 4. The van der Waals surface area contributed by atoms with E-state index in [1.165, 1.54) is 0 Å². The van der Waals surface area contributed by atoms with E-state index >= 15 is 0 Å². The van der Waals surface area contributed by atoms with Crippen LogP contribution < -0.4 is 0 Å². The highest BCUT2D eigenvalue weighted by Gasteiger charge is 2.13. The summed E-state index contributed by atoms with van der Waals surface area (Å²) in [5.74, 6) is 0.817. The highest BCUT2D eigenvalue weighted by molar-refractivity contribution is 6.34. The highest BCUT2D eigenvalue weighted by Crippen LogP contribution is 2.28. The van der Waals surface area contributed by atoms with Crippen molar-refractivity contribution in [3.8, 4) is 11.5 Å². The molecule has 90 valence electrons. The molecule has 3 aromatic rings. The Morgan fingerprint density at radius 1 is 1.17 bits per heavy atom. The first kappa shape index (κ1) is 11.2. The first-order valence-electron chi connectivity index (χ1n) is 5.73. The smallest absolute Gasteiger partial charge is 0.161 e. The van der Waals surface area contributed by atoms with Gasteiger partial charge in [0.15, 0.2) is 11.0 Å². The number of nitrogens with zero attached hydrogens (tertiary/aromatic N) is 4. The number of imidazole rings is 1. The summed E-state index contributed by atoms with van der Waals surface area (Å²) in [4.78, 5) is 4.35. The lowest BCUT2D eigenvalue weighted by Crippen LogP contribution is -2.00. The number of benzene rings is 1. The van der Waals surface area contributed by atoms with E-state index in [4.69, 9.17) is 11.6 Å². The third kappa shape index (κ3) is 1.66. The van der Waals surface area contributed by atoms with Crippen molar-refractivity contribution < 1.29 is 0 Å². The van der Waals surface area contributed by atoms with Crippen LogP contribution in [-0.4, -0.2) is 19.7 Å². The van der Waals surface area contributed by atoms with E-state index in [9.17, 15) is 0 Å². The van der Waals surface area contributed by atoms with Gasteiger partial charge < -0.3 is 4.57 Å². The van der Waals surface area contributed by atoms with Crippen LogP contribution in [0.15, 0.2) is 36.7 Å². The maximum Gasteiger partial charge on any atom is 0.161 e. The van der Waals surface area contributed by atoms with Crippen LogP contribution in [0.2, 0.25) is 5.15 Å². The number of aryl methyl sites for hydroxylation is 1. The van der Waals surface area contributed by atoms with Crippen LogP contribution >= 0.6 is 11.6 Å². The predicted molar refractivity (Wildman–Crippen MR) is 71.4 cm³/mol. The van der Waals surface area contributed by atoms with Gasteiger partial charge in [0.25, 0.3) is 0 Å². The molecular formula is C13H11ClN4. The highest BCUT2D eigenvalue weighted by atomic mass is 35.5. The molecule has 0 fully saturated rings. The molecule has 0 radical (unpaired) electrons. The molecule has 0 saturated carbocycles. The molecule has 0 atom stereocenters. The summed E-state index contributed by atoms with van der Waals surface area (Å²) in [5.41, 5.74) is 0.766. The second-order valence-corrected chi connectivity index (χ2v) is 4.28. The van der Waals surface area contributed by atoms with Gasteiger partial charge in [0.05, 0.1) is 0 Å². The Kier molecular flexibility index (Phi) is 2.72. The van der Waals surface area contributed by atoms with Gasteiger partial charge in [0, 0.05) is 29.7 Å². The van der Waals surface area contributed by atoms with E-state index in [-0.39, 0.29) is 0 Å². The van der Waals surface area contributed by atoms with Gasteiger partial charge in [-0.2, -0.15) is 0 Å². The largest absolute Gasteiger partial charge is 0.330 e. The average Bonchev–Trinajstić information content (AvgIpc) is 2.88. The first-order valence-corrected chi connectivity index (χ1v) is 6.11. The fourth-order valence-electron chi connectivity index (χ4n) is 2.02. The molecule has 0 aliphatic carbocycles. The molecule has 5 heteroatoms. The molecule has 0 bridgehead atoms. The fourth-order valence-corrected chi connectivity index (χ4v) is 2.22. The van der Waals surface area contributed by atoms with Crippen LogP contribution in [0.1, 0.15) is 6.92 Å². The number of hydrogen-bond donors (Lipinski definition) is 0. The minimum Gasteiger partial charge on any atom is -0.330 e. The van der Waals surface area contributed by atoms with Gasteiger partial charge in [0.1, 0.15) is 5.69 Å². The van der Waals surface area contributed by atoms with Crippen LogP contribution in [0.4, 0.5) is 0 Å². The minimum absolute atomic E-state index is 0.420. The molecule has 0 spiro atoms. The molecule has 2 heterocycles. The van der Waals surface area contributed by atoms with Crippen LogP contribution in [0.3, 0.4) is 0 Å². The minimum atomic E-state index is 0.420. The average molecular weight is 259 g/mol. The zero-order valence-corrected chi connectivity index (χ0v) is 10.6. The number of hydrogen-bond acceptors (Lipinski definition) is 3. The molecule has 0 saturated heterocycles. The number of fused-ring (bicyclic) bond motifs is 1.